The van der Waals surface area contributed by atoms with Crippen LogP contribution in [0.4, 0.5) is 0 Å². The van der Waals surface area contributed by atoms with Crippen molar-refractivity contribution in [3.05, 3.63) is 0 Å². The molecule has 0 bridgehead atoms. The predicted molar refractivity (Wildman–Crippen MR) is 70.2 cm³/mol. The third-order valence-corrected chi connectivity index (χ3v) is 2.87. The molecule has 1 aliphatic rings. The number of rotatable bonds is 4. The lowest BCUT2D eigenvalue weighted by atomic mass is 10.1. The maximum absolute atomic E-state index is 10.00. The molecule has 0 radical (unpaired) electrons. The molecule has 1 heterocycles. The summed E-state index contributed by atoms with van der Waals surface area (Å²) in [5.74, 6) is 0. The zero-order valence-corrected chi connectivity index (χ0v) is 11.7. The van der Waals surface area contributed by atoms with E-state index in [1.807, 2.05) is 0 Å². The lowest BCUT2D eigenvalue weighted by Gasteiger charge is -2.27. The molecule has 0 spiro atoms. The third-order valence-electron chi connectivity index (χ3n) is 2.87. The second kappa shape index (κ2) is 6.69. The van der Waals surface area contributed by atoms with Gasteiger partial charge in [0.15, 0.2) is 0 Å². The Kier molecular flexibility index (Phi) is 5.86. The number of nitrogens with zero attached hydrogens (tertiary/aromatic N) is 1. The maximum Gasteiger partial charge on any atom is 0.0791 e. The molecule has 1 rings (SSSR count). The molecule has 0 aliphatic carbocycles. The lowest BCUT2D eigenvalue weighted by Crippen LogP contribution is -2.45. The molecular weight excluding hydrogens is 216 g/mol. The average Bonchev–Trinajstić information content (AvgIpc) is 2.39. The van der Waals surface area contributed by atoms with Crippen LogP contribution in [0, 0.1) is 0 Å². The van der Waals surface area contributed by atoms with E-state index in [0.29, 0.717) is 6.54 Å². The van der Waals surface area contributed by atoms with Crippen LogP contribution in [-0.2, 0) is 4.74 Å². The summed E-state index contributed by atoms with van der Waals surface area (Å²) in [4.78, 5) is 2.30. The first kappa shape index (κ1) is 14.9. The normalized spacial score (nSPS) is 25.6. The van der Waals surface area contributed by atoms with E-state index < -0.39 is 0 Å². The smallest absolute Gasteiger partial charge is 0.0791 e. The van der Waals surface area contributed by atoms with E-state index in [4.69, 9.17) is 4.74 Å². The van der Waals surface area contributed by atoms with Gasteiger partial charge in [-0.05, 0) is 34.1 Å². The highest BCUT2D eigenvalue weighted by Crippen LogP contribution is 2.06. The van der Waals surface area contributed by atoms with Crippen LogP contribution in [0.1, 0.15) is 34.1 Å². The first-order chi connectivity index (χ1) is 7.87. The molecule has 0 aromatic heterocycles. The second-order valence-electron chi connectivity index (χ2n) is 6.08. The van der Waals surface area contributed by atoms with E-state index in [-0.39, 0.29) is 17.7 Å². The monoisotopic (exact) mass is 244 g/mol. The predicted octanol–water partition coefficient (Wildman–Crippen LogP) is 0.846. The summed E-state index contributed by atoms with van der Waals surface area (Å²) in [7, 11) is 0. The number of aliphatic hydroxyl groups excluding tert-OH is 1. The molecule has 2 unspecified atom stereocenters. The minimum atomic E-state index is -0.306. The fourth-order valence-electron chi connectivity index (χ4n) is 2.03. The zero-order valence-electron chi connectivity index (χ0n) is 11.7. The Hall–Kier alpha value is -0.160. The van der Waals surface area contributed by atoms with E-state index >= 15 is 0 Å². The summed E-state index contributed by atoms with van der Waals surface area (Å²) in [6, 6.07) is 0. The summed E-state index contributed by atoms with van der Waals surface area (Å²) >= 11 is 0. The first-order valence-electron chi connectivity index (χ1n) is 6.64. The van der Waals surface area contributed by atoms with Gasteiger partial charge in [-0.15, -0.1) is 0 Å². The van der Waals surface area contributed by atoms with Gasteiger partial charge in [0.05, 0.1) is 12.2 Å². The molecule has 17 heavy (non-hydrogen) atoms. The van der Waals surface area contributed by atoms with Crippen LogP contribution in [0.3, 0.4) is 0 Å². The summed E-state index contributed by atoms with van der Waals surface area (Å²) in [6.45, 7) is 12.6. The van der Waals surface area contributed by atoms with Gasteiger partial charge in [0, 0.05) is 38.3 Å². The largest absolute Gasteiger partial charge is 0.390 e. The summed E-state index contributed by atoms with van der Waals surface area (Å²) in [5.41, 5.74) is 0.0656. The van der Waals surface area contributed by atoms with E-state index in [9.17, 15) is 5.11 Å². The third kappa shape index (κ3) is 6.99. The molecule has 4 nitrogen and oxygen atoms in total. The topological polar surface area (TPSA) is 44.7 Å². The molecular formula is C13H28N2O2. The number of aliphatic hydroxyl groups is 1. The molecule has 1 fully saturated rings. The number of hydrogen-bond acceptors (Lipinski definition) is 4. The Balaban J connectivity index is 2.26. The fraction of sp³-hybridized carbons (Fsp3) is 1.00. The van der Waals surface area contributed by atoms with Crippen molar-refractivity contribution in [1.82, 2.24) is 10.2 Å². The standard InChI is InChI=1S/C13H28N2O2/c1-11-9-15(6-5-7-17-11)10-12(16)8-14-13(2,3)4/h11-12,14,16H,5-10H2,1-4H3. The number of nitrogens with one attached hydrogen (secondary N) is 1. The Labute approximate surface area is 105 Å². The van der Waals surface area contributed by atoms with Crippen LogP contribution in [0.25, 0.3) is 0 Å². The molecule has 2 N–H and O–H groups in total. The molecule has 4 heteroatoms. The molecule has 1 saturated heterocycles. The van der Waals surface area contributed by atoms with Crippen molar-refractivity contribution >= 4 is 0 Å². The molecule has 102 valence electrons. The van der Waals surface area contributed by atoms with E-state index in [0.717, 1.165) is 32.7 Å². The summed E-state index contributed by atoms with van der Waals surface area (Å²) < 4.78 is 5.59. The van der Waals surface area contributed by atoms with Gasteiger partial charge in [0.2, 0.25) is 0 Å². The van der Waals surface area contributed by atoms with Crippen molar-refractivity contribution < 1.29 is 9.84 Å². The minimum absolute atomic E-state index is 0.0656. The van der Waals surface area contributed by atoms with E-state index in [1.165, 1.54) is 0 Å². The van der Waals surface area contributed by atoms with Crippen molar-refractivity contribution in [2.24, 2.45) is 0 Å². The van der Waals surface area contributed by atoms with Crippen molar-refractivity contribution in [3.63, 3.8) is 0 Å². The van der Waals surface area contributed by atoms with Crippen LogP contribution in [0.5, 0.6) is 0 Å². The molecule has 0 amide bonds. The number of ether oxygens (including phenoxy) is 1. The second-order valence-corrected chi connectivity index (χ2v) is 6.08. The fourth-order valence-corrected chi connectivity index (χ4v) is 2.03. The quantitative estimate of drug-likeness (QED) is 0.769. The summed E-state index contributed by atoms with van der Waals surface area (Å²) in [6.07, 6.45) is 1.03. The van der Waals surface area contributed by atoms with Gasteiger partial charge in [0.25, 0.3) is 0 Å². The van der Waals surface area contributed by atoms with Crippen molar-refractivity contribution in [2.75, 3.05) is 32.8 Å². The molecule has 2 atom stereocenters. The number of hydrogen-bond donors (Lipinski definition) is 2. The molecule has 0 aromatic carbocycles. The van der Waals surface area contributed by atoms with Crippen LogP contribution >= 0.6 is 0 Å². The Morgan fingerprint density at radius 3 is 2.82 bits per heavy atom. The number of β-amino-alcohol motifs (C(OH)–C–C–N with tert-alkyl or cyclic N) is 1. The van der Waals surface area contributed by atoms with Gasteiger partial charge >= 0.3 is 0 Å². The molecule has 0 saturated carbocycles. The molecule has 0 aromatic rings. The highest BCUT2D eigenvalue weighted by atomic mass is 16.5. The van der Waals surface area contributed by atoms with Crippen molar-refractivity contribution in [1.29, 1.82) is 0 Å². The zero-order chi connectivity index (χ0) is 12.9. The van der Waals surface area contributed by atoms with Crippen LogP contribution in [-0.4, -0.2) is 60.5 Å². The SMILES string of the molecule is CC1CN(CC(O)CNC(C)(C)C)CCCO1. The lowest BCUT2D eigenvalue weighted by molar-refractivity contribution is 0.0553. The van der Waals surface area contributed by atoms with Crippen LogP contribution < -0.4 is 5.32 Å². The Bertz CT molecular complexity index is 216. The first-order valence-corrected chi connectivity index (χ1v) is 6.64. The van der Waals surface area contributed by atoms with Crippen molar-refractivity contribution in [3.8, 4) is 0 Å². The van der Waals surface area contributed by atoms with Gasteiger partial charge in [-0.25, -0.2) is 0 Å². The highest BCUT2D eigenvalue weighted by Gasteiger charge is 2.19. The van der Waals surface area contributed by atoms with Gasteiger partial charge < -0.3 is 15.2 Å². The van der Waals surface area contributed by atoms with E-state index in [2.05, 4.69) is 37.9 Å². The molecule has 1 aliphatic heterocycles. The maximum atomic E-state index is 10.00. The van der Waals surface area contributed by atoms with Crippen molar-refractivity contribution in [2.45, 2.75) is 51.9 Å². The Morgan fingerprint density at radius 2 is 2.18 bits per heavy atom. The van der Waals surface area contributed by atoms with Gasteiger partial charge in [-0.2, -0.15) is 0 Å². The van der Waals surface area contributed by atoms with E-state index in [1.54, 1.807) is 0 Å². The van der Waals surface area contributed by atoms with Gasteiger partial charge in [0.1, 0.15) is 0 Å². The highest BCUT2D eigenvalue weighted by molar-refractivity contribution is 4.76. The summed E-state index contributed by atoms with van der Waals surface area (Å²) in [5, 5.41) is 13.3. The van der Waals surface area contributed by atoms with Crippen LogP contribution in [0.15, 0.2) is 0 Å². The minimum Gasteiger partial charge on any atom is -0.390 e. The van der Waals surface area contributed by atoms with Gasteiger partial charge in [-0.3, -0.25) is 4.90 Å². The average molecular weight is 244 g/mol. The van der Waals surface area contributed by atoms with Gasteiger partial charge in [-0.1, -0.05) is 0 Å². The van der Waals surface area contributed by atoms with Crippen LogP contribution in [0.2, 0.25) is 0 Å². The Morgan fingerprint density at radius 1 is 1.47 bits per heavy atom.